The van der Waals surface area contributed by atoms with E-state index >= 15 is 0 Å². The van der Waals surface area contributed by atoms with E-state index in [0.717, 1.165) is 44.4 Å². The van der Waals surface area contributed by atoms with Crippen LogP contribution in [0.2, 0.25) is 5.02 Å². The highest BCUT2D eigenvalue weighted by atomic mass is 35.5. The summed E-state index contributed by atoms with van der Waals surface area (Å²) in [5, 5.41) is 0.0371. The van der Waals surface area contributed by atoms with E-state index in [4.69, 9.17) is 11.6 Å². The summed E-state index contributed by atoms with van der Waals surface area (Å²) >= 11 is 6.01. The summed E-state index contributed by atoms with van der Waals surface area (Å²) in [5.41, 5.74) is 0. The molecule has 22 heavy (non-hydrogen) atoms. The Kier molecular flexibility index (Phi) is 5.21. The fourth-order valence-corrected chi connectivity index (χ4v) is 5.34. The molecule has 0 aliphatic heterocycles. The number of halogens is 1. The van der Waals surface area contributed by atoms with E-state index in [2.05, 4.69) is 0 Å². The number of sulfonamides is 1. The molecule has 8 heteroatoms. The van der Waals surface area contributed by atoms with E-state index in [-0.39, 0.29) is 20.9 Å². The first kappa shape index (κ1) is 17.7. The molecule has 1 aromatic rings. The first-order valence-corrected chi connectivity index (χ1v) is 10.8. The molecule has 124 valence electrons. The molecule has 1 aliphatic carbocycles. The third-order valence-electron chi connectivity index (χ3n) is 4.08. The van der Waals surface area contributed by atoms with E-state index in [9.17, 15) is 16.8 Å². The summed E-state index contributed by atoms with van der Waals surface area (Å²) in [4.78, 5) is -0.197. The third-order valence-corrected chi connectivity index (χ3v) is 7.58. The summed E-state index contributed by atoms with van der Waals surface area (Å²) in [6.07, 6.45) is 5.80. The van der Waals surface area contributed by atoms with Crippen molar-refractivity contribution in [2.24, 2.45) is 0 Å². The van der Waals surface area contributed by atoms with E-state index < -0.39 is 19.9 Å². The van der Waals surface area contributed by atoms with Gasteiger partial charge in [0, 0.05) is 19.3 Å². The van der Waals surface area contributed by atoms with Crippen LogP contribution in [0.5, 0.6) is 0 Å². The molecule has 0 atom stereocenters. The first-order valence-electron chi connectivity index (χ1n) is 7.11. The van der Waals surface area contributed by atoms with E-state index in [1.807, 2.05) is 0 Å². The second-order valence-electron chi connectivity index (χ2n) is 5.68. The maximum Gasteiger partial charge on any atom is 0.244 e. The maximum absolute atomic E-state index is 12.8. The molecule has 1 saturated carbocycles. The van der Waals surface area contributed by atoms with Crippen molar-refractivity contribution in [3.63, 3.8) is 0 Å². The van der Waals surface area contributed by atoms with Crippen molar-refractivity contribution in [1.82, 2.24) is 4.31 Å². The number of sulfone groups is 1. The Hall–Kier alpha value is -0.630. The Morgan fingerprint density at radius 1 is 1.09 bits per heavy atom. The van der Waals surface area contributed by atoms with Crippen LogP contribution in [0, 0.1) is 0 Å². The van der Waals surface area contributed by atoms with Crippen LogP contribution in [0.25, 0.3) is 0 Å². The molecular weight excluding hydrogens is 346 g/mol. The number of nitrogens with zero attached hydrogens (tertiary/aromatic N) is 1. The van der Waals surface area contributed by atoms with Crippen molar-refractivity contribution in [1.29, 1.82) is 0 Å². The van der Waals surface area contributed by atoms with Gasteiger partial charge in [-0.1, -0.05) is 30.9 Å². The smallest absolute Gasteiger partial charge is 0.224 e. The molecule has 0 unspecified atom stereocenters. The molecule has 1 aliphatic rings. The summed E-state index contributed by atoms with van der Waals surface area (Å²) in [7, 11) is -5.77. The molecular formula is C14H20ClNO4S2. The Bertz CT molecular complexity index is 753. The molecule has 2 rings (SSSR count). The molecule has 1 fully saturated rings. The molecule has 0 amide bonds. The fourth-order valence-electron chi connectivity index (χ4n) is 2.71. The van der Waals surface area contributed by atoms with Gasteiger partial charge in [0.1, 0.15) is 4.90 Å². The predicted molar refractivity (Wildman–Crippen MR) is 86.4 cm³/mol. The zero-order valence-corrected chi connectivity index (χ0v) is 15.0. The van der Waals surface area contributed by atoms with Gasteiger partial charge in [0.25, 0.3) is 0 Å². The zero-order valence-electron chi connectivity index (χ0n) is 12.6. The van der Waals surface area contributed by atoms with Crippen LogP contribution in [0.3, 0.4) is 0 Å². The van der Waals surface area contributed by atoms with Gasteiger partial charge in [0.15, 0.2) is 9.84 Å². The van der Waals surface area contributed by atoms with Gasteiger partial charge < -0.3 is 0 Å². The molecule has 0 N–H and O–H groups in total. The molecule has 0 bridgehead atoms. The molecule has 5 nitrogen and oxygen atoms in total. The predicted octanol–water partition coefficient (Wildman–Crippen LogP) is 2.70. The van der Waals surface area contributed by atoms with Gasteiger partial charge in [0.2, 0.25) is 10.0 Å². The van der Waals surface area contributed by atoms with Crippen molar-refractivity contribution >= 4 is 31.5 Å². The average Bonchev–Trinajstić information content (AvgIpc) is 2.46. The van der Waals surface area contributed by atoms with Gasteiger partial charge in [-0.2, -0.15) is 4.31 Å². The number of benzene rings is 1. The van der Waals surface area contributed by atoms with E-state index in [1.165, 1.54) is 23.5 Å². The Balaban J connectivity index is 2.44. The molecule has 0 aromatic heterocycles. The fraction of sp³-hybridized carbons (Fsp3) is 0.571. The Labute approximate surface area is 137 Å². The van der Waals surface area contributed by atoms with Crippen LogP contribution in [-0.4, -0.2) is 40.5 Å². The van der Waals surface area contributed by atoms with Crippen molar-refractivity contribution < 1.29 is 16.8 Å². The van der Waals surface area contributed by atoms with E-state index in [1.54, 1.807) is 0 Å². The maximum atomic E-state index is 12.8. The van der Waals surface area contributed by atoms with Crippen LogP contribution < -0.4 is 0 Å². The lowest BCUT2D eigenvalue weighted by Gasteiger charge is -2.30. The van der Waals surface area contributed by atoms with Crippen LogP contribution in [0.15, 0.2) is 28.0 Å². The van der Waals surface area contributed by atoms with Crippen LogP contribution in [0.4, 0.5) is 0 Å². The van der Waals surface area contributed by atoms with Gasteiger partial charge in [-0.3, -0.25) is 0 Å². The highest BCUT2D eigenvalue weighted by Gasteiger charge is 2.31. The standard InChI is InChI=1S/C14H20ClNO4S2/c1-16(11-6-4-3-5-7-11)22(19,20)14-10-12(21(2,17)18)8-9-13(14)15/h8-11H,3-7H2,1-2H3. The minimum absolute atomic E-state index is 0.0371. The van der Waals surface area contributed by atoms with Crippen LogP contribution >= 0.6 is 11.6 Å². The topological polar surface area (TPSA) is 71.5 Å². The summed E-state index contributed by atoms with van der Waals surface area (Å²) in [6, 6.07) is 3.72. The summed E-state index contributed by atoms with van der Waals surface area (Å²) < 4.78 is 50.2. The lowest BCUT2D eigenvalue weighted by molar-refractivity contribution is 0.286. The second kappa shape index (κ2) is 6.47. The number of rotatable bonds is 4. The van der Waals surface area contributed by atoms with Crippen molar-refractivity contribution in [2.45, 2.75) is 47.9 Å². The highest BCUT2D eigenvalue weighted by molar-refractivity contribution is 7.91. The quantitative estimate of drug-likeness (QED) is 0.822. The molecule has 0 radical (unpaired) electrons. The average molecular weight is 366 g/mol. The SMILES string of the molecule is CN(C1CCCCC1)S(=O)(=O)c1cc(S(C)(=O)=O)ccc1Cl. The van der Waals surface area contributed by atoms with Crippen molar-refractivity contribution in [3.8, 4) is 0 Å². The Morgan fingerprint density at radius 2 is 1.68 bits per heavy atom. The van der Waals surface area contributed by atoms with Gasteiger partial charge in [-0.15, -0.1) is 0 Å². The first-order chi connectivity index (χ1) is 10.1. The molecule has 0 saturated heterocycles. The van der Waals surface area contributed by atoms with Gasteiger partial charge in [0.05, 0.1) is 9.92 Å². The van der Waals surface area contributed by atoms with Crippen LogP contribution in [-0.2, 0) is 19.9 Å². The molecule has 0 spiro atoms. The second-order valence-corrected chi connectivity index (χ2v) is 10.1. The van der Waals surface area contributed by atoms with Crippen molar-refractivity contribution in [2.75, 3.05) is 13.3 Å². The van der Waals surface area contributed by atoms with Crippen LogP contribution in [0.1, 0.15) is 32.1 Å². The Morgan fingerprint density at radius 3 is 2.23 bits per heavy atom. The van der Waals surface area contributed by atoms with Gasteiger partial charge in [-0.05, 0) is 31.0 Å². The summed E-state index contributed by atoms with van der Waals surface area (Å²) in [6.45, 7) is 0. The number of hydrogen-bond donors (Lipinski definition) is 0. The summed E-state index contributed by atoms with van der Waals surface area (Å²) in [5.74, 6) is 0. The normalized spacial score (nSPS) is 17.8. The number of hydrogen-bond acceptors (Lipinski definition) is 4. The van der Waals surface area contributed by atoms with Crippen molar-refractivity contribution in [3.05, 3.63) is 23.2 Å². The molecule has 1 aromatic carbocycles. The zero-order chi connectivity index (χ0) is 16.5. The minimum atomic E-state index is -3.82. The van der Waals surface area contributed by atoms with Gasteiger partial charge >= 0.3 is 0 Å². The monoisotopic (exact) mass is 365 g/mol. The largest absolute Gasteiger partial charge is 0.244 e. The van der Waals surface area contributed by atoms with E-state index in [0.29, 0.717) is 0 Å². The minimum Gasteiger partial charge on any atom is -0.224 e. The molecule has 0 heterocycles. The lowest BCUT2D eigenvalue weighted by atomic mass is 9.96. The lowest BCUT2D eigenvalue weighted by Crippen LogP contribution is -2.38. The van der Waals surface area contributed by atoms with Gasteiger partial charge in [-0.25, -0.2) is 16.8 Å². The third kappa shape index (κ3) is 3.64. The highest BCUT2D eigenvalue weighted by Crippen LogP contribution is 2.31.